The lowest BCUT2D eigenvalue weighted by atomic mass is 9.71. The number of rotatable bonds is 9. The van der Waals surface area contributed by atoms with Crippen LogP contribution in [0.5, 0.6) is 0 Å². The Balaban J connectivity index is 1.59. The number of amides is 3. The number of halogens is 4. The van der Waals surface area contributed by atoms with Gasteiger partial charge in [-0.1, -0.05) is 17.7 Å². The van der Waals surface area contributed by atoms with E-state index in [1.165, 1.54) is 4.90 Å². The summed E-state index contributed by atoms with van der Waals surface area (Å²) >= 11 is 6.14. The van der Waals surface area contributed by atoms with E-state index in [9.17, 15) is 27.2 Å². The van der Waals surface area contributed by atoms with Crippen molar-refractivity contribution in [2.45, 2.75) is 63.1 Å². The predicted octanol–water partition coefficient (Wildman–Crippen LogP) is 2.94. The summed E-state index contributed by atoms with van der Waals surface area (Å²) in [5, 5.41) is 7.01. The Morgan fingerprint density at radius 1 is 1.27 bits per heavy atom. The molecule has 4 aliphatic rings. The highest BCUT2D eigenvalue weighted by Crippen LogP contribution is 2.49. The number of anilines is 1. The molecule has 3 aliphatic heterocycles. The van der Waals surface area contributed by atoms with Gasteiger partial charge in [0.05, 0.1) is 18.5 Å². The first-order valence-corrected chi connectivity index (χ1v) is 15.3. The topological polar surface area (TPSA) is 125 Å². The summed E-state index contributed by atoms with van der Waals surface area (Å²) in [6.07, 6.45) is 1.27. The monoisotopic (exact) mass is 604 g/mol. The molecule has 2 bridgehead atoms. The van der Waals surface area contributed by atoms with Crippen LogP contribution in [0, 0.1) is 18.8 Å². The minimum Gasteiger partial charge on any atom is -0.376 e. The third-order valence-corrected chi connectivity index (χ3v) is 9.16. The molecule has 14 heteroatoms. The summed E-state index contributed by atoms with van der Waals surface area (Å²) in [5.74, 6) is -7.20. The molecule has 5 atom stereocenters. The van der Waals surface area contributed by atoms with Gasteiger partial charge in [0, 0.05) is 41.9 Å². The van der Waals surface area contributed by atoms with Crippen LogP contribution >= 0.6 is 11.6 Å². The van der Waals surface area contributed by atoms with Crippen molar-refractivity contribution in [3.05, 3.63) is 40.0 Å². The first kappa shape index (κ1) is 30.2. The smallest absolute Gasteiger partial charge is 0.255 e. The molecular formula is C26H32ClF3N4O5S. The van der Waals surface area contributed by atoms with Gasteiger partial charge in [-0.3, -0.25) is 14.4 Å². The molecule has 0 spiro atoms. The highest BCUT2D eigenvalue weighted by atomic mass is 35.5. The second kappa shape index (κ2) is 11.6. The van der Waals surface area contributed by atoms with Crippen molar-refractivity contribution in [2.75, 3.05) is 24.7 Å². The summed E-state index contributed by atoms with van der Waals surface area (Å²) in [4.78, 5) is 40.3. The highest BCUT2D eigenvalue weighted by molar-refractivity contribution is 7.94. The maximum absolute atomic E-state index is 15.0. The number of nitrogens with one attached hydrogen (secondary N) is 3. The van der Waals surface area contributed by atoms with Gasteiger partial charge in [0.25, 0.3) is 5.92 Å². The Morgan fingerprint density at radius 3 is 2.62 bits per heavy atom. The van der Waals surface area contributed by atoms with Crippen LogP contribution < -0.4 is 16.0 Å². The van der Waals surface area contributed by atoms with Crippen molar-refractivity contribution in [1.82, 2.24) is 15.5 Å². The molecule has 3 amide bonds. The number of sulfone groups is 1. The molecule has 4 fully saturated rings. The van der Waals surface area contributed by atoms with Crippen LogP contribution in [-0.2, 0) is 24.2 Å². The molecule has 1 aliphatic carbocycles. The summed E-state index contributed by atoms with van der Waals surface area (Å²) in [6.45, 7) is 1.83. The Bertz CT molecular complexity index is 1330. The van der Waals surface area contributed by atoms with Crippen LogP contribution in [0.25, 0.3) is 0 Å². The fraction of sp³-hybridized carbons (Fsp3) is 0.577. The molecule has 3 N–H and O–H groups in total. The van der Waals surface area contributed by atoms with Gasteiger partial charge >= 0.3 is 0 Å². The van der Waals surface area contributed by atoms with Crippen molar-refractivity contribution in [2.24, 2.45) is 11.8 Å². The maximum Gasteiger partial charge on any atom is 0.255 e. The van der Waals surface area contributed by atoms with E-state index >= 15 is 8.78 Å². The third-order valence-electron chi connectivity index (χ3n) is 7.91. The molecule has 3 heterocycles. The Morgan fingerprint density at radius 2 is 2.00 bits per heavy atom. The Kier molecular flexibility index (Phi) is 8.74. The standard InChI is InChI=1S/C26H32ClF3N4O5S/c1-14-19(27)4-3-5-20(14)32-13-22(35)34-17-6-7-18(26(29,30)12-17)23(34)25(37)33-16(11-21(28)40(2,38)39)10-15-8-9-31-24(15)36/h3-5,11,15-18,23,32H,6-10,12-13H2,1-2H3,(H,31,36)(H,33,37)/b21-11+/t15-,16+,17-,18-,23+/m1/s1. The van der Waals surface area contributed by atoms with Gasteiger partial charge in [-0.05, 0) is 56.4 Å². The number of hydrogen-bond acceptors (Lipinski definition) is 6. The summed E-state index contributed by atoms with van der Waals surface area (Å²) in [5.41, 5.74) is 1.27. The van der Waals surface area contributed by atoms with Crippen LogP contribution in [0.2, 0.25) is 5.02 Å². The number of carbonyl (C=O) groups excluding carboxylic acids is 3. The largest absolute Gasteiger partial charge is 0.376 e. The molecule has 0 aromatic heterocycles. The fourth-order valence-electron chi connectivity index (χ4n) is 5.82. The SMILES string of the molecule is Cc1c(Cl)cccc1NCC(=O)N1[C@@H]2CC[C@H]([C@H]1C(=O)N[C@H](/C=C(\F)S(C)(=O)=O)C[C@H]1CCNC1=O)C(F)(F)C2. The van der Waals surface area contributed by atoms with Crippen LogP contribution in [0.3, 0.4) is 0 Å². The number of piperidine rings is 2. The van der Waals surface area contributed by atoms with E-state index < -0.39 is 69.1 Å². The number of fused-ring (bicyclic) bond motifs is 3. The number of carbonyl (C=O) groups is 3. The lowest BCUT2D eigenvalue weighted by molar-refractivity contribution is -0.193. The van der Waals surface area contributed by atoms with E-state index in [-0.39, 0.29) is 25.3 Å². The van der Waals surface area contributed by atoms with E-state index in [2.05, 4.69) is 16.0 Å². The maximum atomic E-state index is 15.0. The summed E-state index contributed by atoms with van der Waals surface area (Å²) in [6, 6.07) is 1.34. The number of benzene rings is 1. The van der Waals surface area contributed by atoms with Crippen molar-refractivity contribution in [1.29, 1.82) is 0 Å². The fourth-order valence-corrected chi connectivity index (χ4v) is 6.41. The van der Waals surface area contributed by atoms with Gasteiger partial charge in [-0.25, -0.2) is 17.2 Å². The average Bonchev–Trinajstić information content (AvgIpc) is 3.27. The van der Waals surface area contributed by atoms with Crippen molar-refractivity contribution in [3.8, 4) is 0 Å². The van der Waals surface area contributed by atoms with Gasteiger partial charge in [-0.15, -0.1) is 0 Å². The van der Waals surface area contributed by atoms with Gasteiger partial charge in [0.1, 0.15) is 6.04 Å². The van der Waals surface area contributed by atoms with E-state index in [1.54, 1.807) is 25.1 Å². The van der Waals surface area contributed by atoms with Gasteiger partial charge in [0.2, 0.25) is 32.7 Å². The average molecular weight is 605 g/mol. The molecule has 3 saturated heterocycles. The first-order valence-electron chi connectivity index (χ1n) is 13.0. The number of alkyl halides is 2. The lowest BCUT2D eigenvalue weighted by Crippen LogP contribution is -2.69. The van der Waals surface area contributed by atoms with Crippen LogP contribution in [0.15, 0.2) is 29.4 Å². The Hall–Kier alpha value is -2.80. The van der Waals surface area contributed by atoms with Crippen LogP contribution in [0.1, 0.15) is 37.7 Å². The molecule has 1 aromatic rings. The molecular weight excluding hydrogens is 573 g/mol. The minimum atomic E-state index is -4.26. The lowest BCUT2D eigenvalue weighted by Gasteiger charge is -2.53. The number of nitrogens with zero attached hydrogens (tertiary/aromatic N) is 1. The molecule has 1 saturated carbocycles. The minimum absolute atomic E-state index is 0.00357. The zero-order valence-corrected chi connectivity index (χ0v) is 23.6. The molecule has 220 valence electrons. The van der Waals surface area contributed by atoms with Crippen molar-refractivity contribution >= 4 is 44.8 Å². The molecule has 5 rings (SSSR count). The second-order valence-electron chi connectivity index (χ2n) is 10.7. The quantitative estimate of drug-likeness (QED) is 0.398. The third kappa shape index (κ3) is 6.40. The van der Waals surface area contributed by atoms with Crippen molar-refractivity contribution in [3.63, 3.8) is 0 Å². The van der Waals surface area contributed by atoms with Gasteiger partial charge in [0.15, 0.2) is 0 Å². The molecule has 1 aromatic carbocycles. The predicted molar refractivity (Wildman–Crippen MR) is 143 cm³/mol. The van der Waals surface area contributed by atoms with E-state index in [0.29, 0.717) is 48.0 Å². The molecule has 40 heavy (non-hydrogen) atoms. The zero-order valence-electron chi connectivity index (χ0n) is 22.1. The van der Waals surface area contributed by atoms with Gasteiger partial charge in [-0.2, -0.15) is 4.39 Å². The summed E-state index contributed by atoms with van der Waals surface area (Å²) in [7, 11) is -4.26. The second-order valence-corrected chi connectivity index (χ2v) is 13.0. The molecule has 0 unspecified atom stereocenters. The van der Waals surface area contributed by atoms with Crippen molar-refractivity contribution < 1.29 is 36.0 Å². The molecule has 9 nitrogen and oxygen atoms in total. The first-order chi connectivity index (χ1) is 18.7. The Labute approximate surface area is 235 Å². The van der Waals surface area contributed by atoms with Crippen LogP contribution in [0.4, 0.5) is 18.9 Å². The van der Waals surface area contributed by atoms with Crippen LogP contribution in [-0.4, -0.2) is 74.4 Å². The normalized spacial score (nSPS) is 26.8. The van der Waals surface area contributed by atoms with Gasteiger partial charge < -0.3 is 20.9 Å². The zero-order chi connectivity index (χ0) is 29.4. The highest BCUT2D eigenvalue weighted by Gasteiger charge is 2.60. The van der Waals surface area contributed by atoms with E-state index in [0.717, 1.165) is 0 Å². The number of hydrogen-bond donors (Lipinski definition) is 3. The van der Waals surface area contributed by atoms with E-state index in [4.69, 9.17) is 11.6 Å². The molecule has 0 radical (unpaired) electrons. The summed E-state index contributed by atoms with van der Waals surface area (Å²) < 4.78 is 67.9. The van der Waals surface area contributed by atoms with E-state index in [1.807, 2.05) is 0 Å².